The average Bonchev–Trinajstić information content (AvgIpc) is 2.88. The maximum atomic E-state index is 11.6. The molecule has 1 saturated heterocycles. The van der Waals surface area contributed by atoms with Gasteiger partial charge in [0, 0.05) is 5.92 Å². The largest absolute Gasteiger partial charge is 0.385 e. The Balaban J connectivity index is 1.52. The van der Waals surface area contributed by atoms with Crippen LogP contribution in [0.1, 0.15) is 64.2 Å². The highest BCUT2D eigenvalue weighted by molar-refractivity contribution is 5.91. The molecular weight excluding hydrogens is 286 g/mol. The molecule has 0 aromatic heterocycles. The van der Waals surface area contributed by atoms with E-state index in [1.807, 2.05) is 0 Å². The summed E-state index contributed by atoms with van der Waals surface area (Å²) in [5, 5.41) is 15.2. The number of amidine groups is 1. The van der Waals surface area contributed by atoms with Gasteiger partial charge >= 0.3 is 0 Å². The first-order valence-corrected chi connectivity index (χ1v) is 9.96. The SMILES string of the molecule is NC1=NC2CCC(C3CCCNC3)CC2C1(O)C1CCCCC1. The third-order valence-corrected chi connectivity index (χ3v) is 7.36. The van der Waals surface area contributed by atoms with Gasteiger partial charge in [0.1, 0.15) is 11.4 Å². The van der Waals surface area contributed by atoms with Crippen LogP contribution < -0.4 is 11.1 Å². The van der Waals surface area contributed by atoms with Crippen molar-refractivity contribution < 1.29 is 5.11 Å². The molecule has 2 heterocycles. The van der Waals surface area contributed by atoms with Crippen LogP contribution >= 0.6 is 0 Å². The van der Waals surface area contributed by atoms with Crippen LogP contribution in [0.4, 0.5) is 0 Å². The number of hydrogen-bond acceptors (Lipinski definition) is 4. The minimum Gasteiger partial charge on any atom is -0.385 e. The van der Waals surface area contributed by atoms with Crippen LogP contribution in [0, 0.1) is 23.7 Å². The first-order valence-electron chi connectivity index (χ1n) is 9.96. The molecule has 3 fully saturated rings. The van der Waals surface area contributed by atoms with Crippen LogP contribution in [0.25, 0.3) is 0 Å². The van der Waals surface area contributed by atoms with Crippen molar-refractivity contribution in [1.29, 1.82) is 0 Å². The Morgan fingerprint density at radius 1 is 1.00 bits per heavy atom. The Morgan fingerprint density at radius 2 is 1.83 bits per heavy atom. The van der Waals surface area contributed by atoms with Gasteiger partial charge < -0.3 is 16.2 Å². The average molecular weight is 319 g/mol. The van der Waals surface area contributed by atoms with E-state index in [9.17, 15) is 5.11 Å². The van der Waals surface area contributed by atoms with Gasteiger partial charge in [0.15, 0.2) is 0 Å². The van der Waals surface area contributed by atoms with E-state index in [4.69, 9.17) is 10.7 Å². The van der Waals surface area contributed by atoms with Gasteiger partial charge in [0.25, 0.3) is 0 Å². The molecule has 23 heavy (non-hydrogen) atoms. The second-order valence-corrected chi connectivity index (χ2v) is 8.53. The predicted molar refractivity (Wildman–Crippen MR) is 93.4 cm³/mol. The fraction of sp³-hybridized carbons (Fsp3) is 0.947. The van der Waals surface area contributed by atoms with Gasteiger partial charge in [-0.05, 0) is 75.8 Å². The summed E-state index contributed by atoms with van der Waals surface area (Å²) in [7, 11) is 0. The Labute approximate surface area is 140 Å². The molecule has 4 rings (SSSR count). The van der Waals surface area contributed by atoms with E-state index >= 15 is 0 Å². The number of hydrogen-bond donors (Lipinski definition) is 3. The van der Waals surface area contributed by atoms with Crippen molar-refractivity contribution in [2.24, 2.45) is 34.4 Å². The minimum absolute atomic E-state index is 0.284. The summed E-state index contributed by atoms with van der Waals surface area (Å²) in [5.74, 6) is 2.74. The van der Waals surface area contributed by atoms with Gasteiger partial charge in [0.2, 0.25) is 0 Å². The van der Waals surface area contributed by atoms with Gasteiger partial charge in [-0.3, -0.25) is 4.99 Å². The number of piperidine rings is 1. The van der Waals surface area contributed by atoms with Crippen LogP contribution in [0.3, 0.4) is 0 Å². The monoisotopic (exact) mass is 319 g/mol. The Bertz CT molecular complexity index is 454. The van der Waals surface area contributed by atoms with Gasteiger partial charge in [-0.15, -0.1) is 0 Å². The first-order chi connectivity index (χ1) is 11.2. The lowest BCUT2D eigenvalue weighted by Crippen LogP contribution is -2.55. The van der Waals surface area contributed by atoms with Crippen molar-refractivity contribution in [2.75, 3.05) is 13.1 Å². The van der Waals surface area contributed by atoms with E-state index in [-0.39, 0.29) is 12.0 Å². The molecule has 130 valence electrons. The molecule has 2 aliphatic heterocycles. The molecule has 2 aliphatic carbocycles. The molecule has 5 unspecified atom stereocenters. The van der Waals surface area contributed by atoms with Crippen molar-refractivity contribution in [3.8, 4) is 0 Å². The van der Waals surface area contributed by atoms with Crippen LogP contribution in [0.5, 0.6) is 0 Å². The zero-order valence-corrected chi connectivity index (χ0v) is 14.3. The number of nitrogens with two attached hydrogens (primary N) is 1. The highest BCUT2D eigenvalue weighted by Crippen LogP contribution is 2.50. The summed E-state index contributed by atoms with van der Waals surface area (Å²) in [6, 6.07) is 0.287. The zero-order valence-electron chi connectivity index (χ0n) is 14.3. The lowest BCUT2D eigenvalue weighted by molar-refractivity contribution is -0.0429. The van der Waals surface area contributed by atoms with Gasteiger partial charge in [0.05, 0.1) is 6.04 Å². The molecule has 2 saturated carbocycles. The zero-order chi connectivity index (χ0) is 15.9. The van der Waals surface area contributed by atoms with Crippen molar-refractivity contribution in [2.45, 2.75) is 75.9 Å². The summed E-state index contributed by atoms with van der Waals surface area (Å²) in [6.45, 7) is 2.34. The van der Waals surface area contributed by atoms with E-state index in [0.29, 0.717) is 11.8 Å². The van der Waals surface area contributed by atoms with Gasteiger partial charge in [-0.25, -0.2) is 0 Å². The van der Waals surface area contributed by atoms with E-state index in [1.165, 1.54) is 51.6 Å². The molecular formula is C19H33N3O. The smallest absolute Gasteiger partial charge is 0.129 e. The summed E-state index contributed by atoms with van der Waals surface area (Å²) in [4.78, 5) is 4.75. The molecule has 0 spiro atoms. The molecule has 0 radical (unpaired) electrons. The standard InChI is InChI=1S/C19H33N3O/c20-18-19(23,15-6-2-1-3-7-15)16-11-13(8-9-17(16)22-18)14-5-4-10-21-12-14/h13-17,21,23H,1-12H2,(H2,20,22). The molecule has 4 nitrogen and oxygen atoms in total. The molecule has 4 heteroatoms. The first kappa shape index (κ1) is 15.9. The van der Waals surface area contributed by atoms with Gasteiger partial charge in [-0.2, -0.15) is 0 Å². The van der Waals surface area contributed by atoms with Crippen molar-refractivity contribution in [3.63, 3.8) is 0 Å². The lowest BCUT2D eigenvalue weighted by atomic mass is 9.62. The Kier molecular flexibility index (Phi) is 4.39. The van der Waals surface area contributed by atoms with E-state index in [0.717, 1.165) is 37.5 Å². The second kappa shape index (κ2) is 6.36. The van der Waals surface area contributed by atoms with Crippen molar-refractivity contribution in [1.82, 2.24) is 5.32 Å². The lowest BCUT2D eigenvalue weighted by Gasteiger charge is -2.45. The number of aliphatic imine (C=N–C) groups is 1. The Morgan fingerprint density at radius 3 is 2.57 bits per heavy atom. The quantitative estimate of drug-likeness (QED) is 0.732. The van der Waals surface area contributed by atoms with E-state index in [2.05, 4.69) is 5.32 Å². The maximum absolute atomic E-state index is 11.6. The molecule has 0 aromatic rings. The van der Waals surface area contributed by atoms with Gasteiger partial charge in [-0.1, -0.05) is 19.3 Å². The minimum atomic E-state index is -0.800. The number of nitrogens with zero attached hydrogens (tertiary/aromatic N) is 1. The number of nitrogens with one attached hydrogen (secondary N) is 1. The highest BCUT2D eigenvalue weighted by Gasteiger charge is 2.56. The number of rotatable bonds is 2. The normalized spacial score (nSPS) is 45.5. The molecule has 0 amide bonds. The van der Waals surface area contributed by atoms with Crippen LogP contribution in [0.2, 0.25) is 0 Å². The summed E-state index contributed by atoms with van der Waals surface area (Å²) in [6.07, 6.45) is 12.3. The third kappa shape index (κ3) is 2.72. The molecule has 4 N–H and O–H groups in total. The third-order valence-electron chi connectivity index (χ3n) is 7.36. The van der Waals surface area contributed by atoms with E-state index < -0.39 is 5.60 Å². The van der Waals surface area contributed by atoms with Crippen molar-refractivity contribution in [3.05, 3.63) is 0 Å². The Hall–Kier alpha value is -0.610. The molecule has 0 aromatic carbocycles. The number of aliphatic hydroxyl groups is 1. The molecule has 0 bridgehead atoms. The number of fused-ring (bicyclic) bond motifs is 1. The topological polar surface area (TPSA) is 70.6 Å². The van der Waals surface area contributed by atoms with Crippen LogP contribution in [-0.2, 0) is 0 Å². The highest BCUT2D eigenvalue weighted by atomic mass is 16.3. The molecule has 4 aliphatic rings. The van der Waals surface area contributed by atoms with Crippen LogP contribution in [-0.4, -0.2) is 35.7 Å². The summed E-state index contributed by atoms with van der Waals surface area (Å²) < 4.78 is 0. The fourth-order valence-electron chi connectivity index (χ4n) is 6.05. The van der Waals surface area contributed by atoms with Crippen LogP contribution in [0.15, 0.2) is 4.99 Å². The summed E-state index contributed by atoms with van der Waals surface area (Å²) >= 11 is 0. The fourth-order valence-corrected chi connectivity index (χ4v) is 6.05. The molecule has 5 atom stereocenters. The van der Waals surface area contributed by atoms with E-state index in [1.54, 1.807) is 0 Å². The summed E-state index contributed by atoms with van der Waals surface area (Å²) in [5.41, 5.74) is 5.52. The maximum Gasteiger partial charge on any atom is 0.129 e. The second-order valence-electron chi connectivity index (χ2n) is 8.53. The predicted octanol–water partition coefficient (Wildman–Crippen LogP) is 2.45. The van der Waals surface area contributed by atoms with Crippen molar-refractivity contribution >= 4 is 5.84 Å².